The van der Waals surface area contributed by atoms with Gasteiger partial charge < -0.3 is 9.32 Å². The summed E-state index contributed by atoms with van der Waals surface area (Å²) in [6.07, 6.45) is 0. The van der Waals surface area contributed by atoms with Crippen molar-refractivity contribution in [1.82, 2.24) is 4.90 Å². The van der Waals surface area contributed by atoms with Crippen LogP contribution in [0, 0.1) is 0 Å². The minimum atomic E-state index is -0.613. The van der Waals surface area contributed by atoms with E-state index in [1.54, 1.807) is 30.1 Å². The Hall–Kier alpha value is -3.40. The highest BCUT2D eigenvalue weighted by Gasteiger charge is 2.18. The van der Waals surface area contributed by atoms with Crippen molar-refractivity contribution in [3.05, 3.63) is 94.3 Å². The summed E-state index contributed by atoms with van der Waals surface area (Å²) in [4.78, 5) is 26.6. The van der Waals surface area contributed by atoms with Crippen molar-refractivity contribution in [2.45, 2.75) is 6.54 Å². The zero-order valence-electron chi connectivity index (χ0n) is 14.3. The van der Waals surface area contributed by atoms with Crippen LogP contribution in [0.1, 0.15) is 15.9 Å². The van der Waals surface area contributed by atoms with Gasteiger partial charge in [-0.1, -0.05) is 60.7 Å². The predicted molar refractivity (Wildman–Crippen MR) is 102 cm³/mol. The van der Waals surface area contributed by atoms with Crippen molar-refractivity contribution >= 4 is 27.6 Å². The van der Waals surface area contributed by atoms with Crippen LogP contribution in [0.25, 0.3) is 21.7 Å². The minimum absolute atomic E-state index is 0.0476. The van der Waals surface area contributed by atoms with Crippen LogP contribution in [0.3, 0.4) is 0 Å². The quantitative estimate of drug-likeness (QED) is 0.523. The Kier molecular flexibility index (Phi) is 4.01. The summed E-state index contributed by atoms with van der Waals surface area (Å²) in [5.74, 6) is -0.350. The summed E-state index contributed by atoms with van der Waals surface area (Å²) in [6.45, 7) is 0.409. The van der Waals surface area contributed by atoms with E-state index in [9.17, 15) is 9.59 Å². The molecule has 0 saturated carbocycles. The molecular weight excluding hydrogens is 326 g/mol. The number of benzene rings is 3. The number of hydrogen-bond acceptors (Lipinski definition) is 3. The zero-order valence-corrected chi connectivity index (χ0v) is 14.3. The van der Waals surface area contributed by atoms with Crippen LogP contribution < -0.4 is 5.63 Å². The third-order valence-corrected chi connectivity index (χ3v) is 4.51. The van der Waals surface area contributed by atoms with Crippen LogP contribution in [-0.4, -0.2) is 17.9 Å². The van der Waals surface area contributed by atoms with Gasteiger partial charge in [-0.3, -0.25) is 4.79 Å². The molecule has 4 aromatic rings. The van der Waals surface area contributed by atoms with Gasteiger partial charge in [-0.25, -0.2) is 4.79 Å². The first-order valence-corrected chi connectivity index (χ1v) is 8.38. The molecule has 0 aliphatic carbocycles. The van der Waals surface area contributed by atoms with Crippen molar-refractivity contribution in [3.63, 3.8) is 0 Å². The molecule has 1 aromatic heterocycles. The minimum Gasteiger partial charge on any atom is -0.422 e. The second-order valence-corrected chi connectivity index (χ2v) is 6.28. The maximum absolute atomic E-state index is 12.8. The summed E-state index contributed by atoms with van der Waals surface area (Å²) >= 11 is 0. The average molecular weight is 343 g/mol. The molecule has 128 valence electrons. The molecule has 0 bridgehead atoms. The third kappa shape index (κ3) is 2.86. The normalized spacial score (nSPS) is 11.0. The molecule has 0 unspecified atom stereocenters. The fourth-order valence-corrected chi connectivity index (χ4v) is 3.17. The molecule has 0 fully saturated rings. The van der Waals surface area contributed by atoms with E-state index in [-0.39, 0.29) is 11.5 Å². The summed E-state index contributed by atoms with van der Waals surface area (Å²) in [6, 6.07) is 22.8. The summed E-state index contributed by atoms with van der Waals surface area (Å²) in [5, 5.41) is 2.95. The number of carbonyl (C=O) groups is 1. The number of rotatable bonds is 3. The van der Waals surface area contributed by atoms with Gasteiger partial charge in [0.1, 0.15) is 11.1 Å². The molecule has 0 spiro atoms. The number of carbonyl (C=O) groups excluding carboxylic acids is 1. The Balaban J connectivity index is 1.68. The molecule has 3 aromatic carbocycles. The molecule has 0 aliphatic rings. The monoisotopic (exact) mass is 343 g/mol. The molecule has 0 saturated heterocycles. The van der Waals surface area contributed by atoms with Gasteiger partial charge >= 0.3 is 5.63 Å². The molecule has 0 N–H and O–H groups in total. The van der Waals surface area contributed by atoms with Gasteiger partial charge in [0.05, 0.1) is 0 Å². The highest BCUT2D eigenvalue weighted by Crippen LogP contribution is 2.20. The highest BCUT2D eigenvalue weighted by molar-refractivity contribution is 5.96. The molecule has 0 radical (unpaired) electrons. The summed E-state index contributed by atoms with van der Waals surface area (Å²) in [5.41, 5.74) is 0.944. The number of para-hydroxylation sites is 1. The van der Waals surface area contributed by atoms with Gasteiger partial charge in [-0.2, -0.15) is 0 Å². The van der Waals surface area contributed by atoms with Gasteiger partial charge in [-0.15, -0.1) is 0 Å². The summed E-state index contributed by atoms with van der Waals surface area (Å²) < 4.78 is 5.28. The standard InChI is InChI=1S/C22H17NO3/c1-23(14-17-10-6-9-15-7-2-4-11-18(15)17)21(24)19-13-16-8-3-5-12-20(16)26-22(19)25/h2-13H,14H2,1H3. The average Bonchev–Trinajstić information content (AvgIpc) is 2.67. The number of amides is 1. The summed E-state index contributed by atoms with van der Waals surface area (Å²) in [7, 11) is 1.69. The van der Waals surface area contributed by atoms with E-state index in [0.29, 0.717) is 12.1 Å². The van der Waals surface area contributed by atoms with Gasteiger partial charge in [0.15, 0.2) is 0 Å². The maximum Gasteiger partial charge on any atom is 0.349 e. The molecule has 0 atom stereocenters. The number of fused-ring (bicyclic) bond motifs is 2. The molecule has 0 aliphatic heterocycles. The van der Waals surface area contributed by atoms with Crippen LogP contribution in [0.5, 0.6) is 0 Å². The fourth-order valence-electron chi connectivity index (χ4n) is 3.17. The number of hydrogen-bond donors (Lipinski definition) is 0. The first-order valence-electron chi connectivity index (χ1n) is 8.38. The molecule has 4 nitrogen and oxygen atoms in total. The van der Waals surface area contributed by atoms with Gasteiger partial charge in [-0.05, 0) is 28.5 Å². The van der Waals surface area contributed by atoms with Crippen molar-refractivity contribution in [3.8, 4) is 0 Å². The predicted octanol–water partition coefficient (Wildman–Crippen LogP) is 4.22. The Morgan fingerprint density at radius 1 is 0.923 bits per heavy atom. The molecule has 26 heavy (non-hydrogen) atoms. The molecule has 1 amide bonds. The lowest BCUT2D eigenvalue weighted by Gasteiger charge is -2.18. The van der Waals surface area contributed by atoms with E-state index in [0.717, 1.165) is 21.7 Å². The first-order chi connectivity index (χ1) is 12.6. The number of nitrogens with zero attached hydrogens (tertiary/aromatic N) is 1. The third-order valence-electron chi connectivity index (χ3n) is 4.51. The fraction of sp³-hybridized carbons (Fsp3) is 0.0909. The smallest absolute Gasteiger partial charge is 0.349 e. The lowest BCUT2D eigenvalue weighted by Crippen LogP contribution is -2.30. The van der Waals surface area contributed by atoms with E-state index >= 15 is 0 Å². The molecule has 4 heteroatoms. The van der Waals surface area contributed by atoms with E-state index in [2.05, 4.69) is 0 Å². The first kappa shape index (κ1) is 16.1. The van der Waals surface area contributed by atoms with E-state index in [1.807, 2.05) is 54.6 Å². The second kappa shape index (κ2) is 6.48. The van der Waals surface area contributed by atoms with Gasteiger partial charge in [0, 0.05) is 19.0 Å². The van der Waals surface area contributed by atoms with Gasteiger partial charge in [0.25, 0.3) is 5.91 Å². The van der Waals surface area contributed by atoms with Crippen molar-refractivity contribution < 1.29 is 9.21 Å². The Bertz CT molecular complexity index is 1170. The van der Waals surface area contributed by atoms with E-state index in [4.69, 9.17) is 4.42 Å². The Labute approximate surface area is 150 Å². The Morgan fingerprint density at radius 3 is 2.46 bits per heavy atom. The van der Waals surface area contributed by atoms with Crippen LogP contribution in [0.2, 0.25) is 0 Å². The lowest BCUT2D eigenvalue weighted by atomic mass is 10.0. The second-order valence-electron chi connectivity index (χ2n) is 6.28. The van der Waals surface area contributed by atoms with Crippen molar-refractivity contribution in [1.29, 1.82) is 0 Å². The van der Waals surface area contributed by atoms with Crippen LogP contribution in [-0.2, 0) is 6.54 Å². The van der Waals surface area contributed by atoms with Crippen molar-refractivity contribution in [2.75, 3.05) is 7.05 Å². The van der Waals surface area contributed by atoms with Gasteiger partial charge in [0.2, 0.25) is 0 Å². The van der Waals surface area contributed by atoms with Crippen LogP contribution in [0.4, 0.5) is 0 Å². The van der Waals surface area contributed by atoms with Crippen molar-refractivity contribution in [2.24, 2.45) is 0 Å². The molecule has 1 heterocycles. The lowest BCUT2D eigenvalue weighted by molar-refractivity contribution is 0.0781. The zero-order chi connectivity index (χ0) is 18.1. The van der Waals surface area contributed by atoms with Crippen LogP contribution in [0.15, 0.2) is 82.0 Å². The van der Waals surface area contributed by atoms with Crippen LogP contribution >= 0.6 is 0 Å². The SMILES string of the molecule is CN(Cc1cccc2ccccc12)C(=O)c1cc2ccccc2oc1=O. The Morgan fingerprint density at radius 2 is 1.62 bits per heavy atom. The van der Waals surface area contributed by atoms with E-state index < -0.39 is 5.63 Å². The maximum atomic E-state index is 12.8. The molecule has 4 rings (SSSR count). The topological polar surface area (TPSA) is 50.5 Å². The van der Waals surface area contributed by atoms with E-state index in [1.165, 1.54) is 0 Å². The highest BCUT2D eigenvalue weighted by atomic mass is 16.4. The largest absolute Gasteiger partial charge is 0.422 e. The molecular formula is C22H17NO3.